The van der Waals surface area contributed by atoms with Crippen LogP contribution >= 0.6 is 0 Å². The summed E-state index contributed by atoms with van der Waals surface area (Å²) in [6.45, 7) is 4.58. The highest BCUT2D eigenvalue weighted by molar-refractivity contribution is 5.79. The van der Waals surface area contributed by atoms with Crippen molar-refractivity contribution in [2.24, 2.45) is 23.7 Å². The van der Waals surface area contributed by atoms with Crippen molar-refractivity contribution >= 4 is 12.0 Å². The molecule has 1 aromatic carbocycles. The molecule has 1 aromatic rings. The zero-order valence-electron chi connectivity index (χ0n) is 18.1. The third-order valence-electron chi connectivity index (χ3n) is 8.51. The van der Waals surface area contributed by atoms with Crippen molar-refractivity contribution in [3.63, 3.8) is 0 Å². The van der Waals surface area contributed by atoms with E-state index in [-0.39, 0.29) is 17.4 Å². The molecule has 2 amide bonds. The summed E-state index contributed by atoms with van der Waals surface area (Å²) in [5.41, 5.74) is 1.39. The Balaban J connectivity index is 1.35. The molecule has 1 aliphatic heterocycles. The van der Waals surface area contributed by atoms with E-state index in [9.17, 15) is 9.59 Å². The Labute approximate surface area is 179 Å². The number of nitrogens with zero attached hydrogens (tertiary/aromatic N) is 2. The van der Waals surface area contributed by atoms with E-state index in [4.69, 9.17) is 4.74 Å². The third kappa shape index (κ3) is 3.30. The maximum absolute atomic E-state index is 13.6. The summed E-state index contributed by atoms with van der Waals surface area (Å²) < 4.78 is 5.12. The molecule has 0 spiro atoms. The average molecular weight is 411 g/mol. The van der Waals surface area contributed by atoms with Gasteiger partial charge in [0.05, 0.1) is 6.61 Å². The molecule has 4 saturated carbocycles. The van der Waals surface area contributed by atoms with E-state index in [1.54, 1.807) is 4.90 Å². The lowest BCUT2D eigenvalue weighted by Gasteiger charge is -2.62. The van der Waals surface area contributed by atoms with Gasteiger partial charge in [-0.25, -0.2) is 4.79 Å². The number of carbonyl (C=O) groups is 2. The van der Waals surface area contributed by atoms with Crippen LogP contribution in [0.3, 0.4) is 0 Å². The zero-order valence-corrected chi connectivity index (χ0v) is 18.1. The lowest BCUT2D eigenvalue weighted by Crippen LogP contribution is -2.58. The largest absolute Gasteiger partial charge is 0.450 e. The first kappa shape index (κ1) is 19.9. The third-order valence-corrected chi connectivity index (χ3v) is 8.51. The molecule has 4 bridgehead atoms. The number of hydrogen-bond donors (Lipinski definition) is 0. The minimum absolute atomic E-state index is 0.00401. The summed E-state index contributed by atoms with van der Waals surface area (Å²) in [4.78, 5) is 29.3. The molecular weight excluding hydrogens is 376 g/mol. The molecular formula is C25H34N2O3. The Kier molecular flexibility index (Phi) is 5.24. The molecule has 1 heterocycles. The van der Waals surface area contributed by atoms with Gasteiger partial charge in [-0.3, -0.25) is 4.79 Å². The van der Waals surface area contributed by atoms with Gasteiger partial charge in [0.2, 0.25) is 5.91 Å². The van der Waals surface area contributed by atoms with E-state index >= 15 is 0 Å². The van der Waals surface area contributed by atoms with Gasteiger partial charge in [0.25, 0.3) is 0 Å². The van der Waals surface area contributed by atoms with Crippen LogP contribution in [0.4, 0.5) is 4.79 Å². The van der Waals surface area contributed by atoms with Gasteiger partial charge in [0.1, 0.15) is 0 Å². The second-order valence-electron chi connectivity index (χ2n) is 9.95. The van der Waals surface area contributed by atoms with Gasteiger partial charge in [-0.15, -0.1) is 0 Å². The van der Waals surface area contributed by atoms with Crippen molar-refractivity contribution in [2.45, 2.75) is 50.9 Å². The van der Waals surface area contributed by atoms with E-state index in [1.807, 2.05) is 11.8 Å². The Bertz CT molecular complexity index is 757. The molecule has 5 aliphatic rings. The minimum atomic E-state index is -0.258. The van der Waals surface area contributed by atoms with E-state index in [1.165, 1.54) is 37.7 Å². The van der Waals surface area contributed by atoms with E-state index in [0.29, 0.717) is 51.0 Å². The van der Waals surface area contributed by atoms with Gasteiger partial charge in [-0.1, -0.05) is 30.3 Å². The molecule has 5 fully saturated rings. The highest BCUT2D eigenvalue weighted by Crippen LogP contribution is 2.64. The van der Waals surface area contributed by atoms with Crippen molar-refractivity contribution < 1.29 is 14.3 Å². The molecule has 162 valence electrons. The molecule has 0 aromatic heterocycles. The molecule has 0 unspecified atom stereocenters. The summed E-state index contributed by atoms with van der Waals surface area (Å²) in [5.74, 6) is 3.32. The summed E-state index contributed by atoms with van der Waals surface area (Å²) in [6, 6.07) is 10.9. The Hall–Kier alpha value is -2.04. The maximum atomic E-state index is 13.6. The molecule has 5 nitrogen and oxygen atoms in total. The first-order chi connectivity index (χ1) is 14.6. The van der Waals surface area contributed by atoms with Gasteiger partial charge < -0.3 is 14.5 Å². The SMILES string of the molecule is CCOC(=O)N1CCN(C(=O)CC2(c3ccccc3)C3CC4CC(C3)CC2C4)CC1. The van der Waals surface area contributed by atoms with Crippen LogP contribution in [-0.4, -0.2) is 54.6 Å². The van der Waals surface area contributed by atoms with Gasteiger partial charge in [-0.2, -0.15) is 0 Å². The molecule has 0 atom stereocenters. The second-order valence-corrected chi connectivity index (χ2v) is 9.95. The standard InChI is InChI=1S/C25H34N2O3/c1-2-30-24(29)27-10-8-26(9-11-27)23(28)17-25(20-6-4-3-5-7-20)21-13-18-12-19(15-21)16-22(25)14-18/h3-7,18-19,21-22H,2,8-17H2,1H3. The number of piperazine rings is 1. The van der Waals surface area contributed by atoms with Crippen molar-refractivity contribution in [2.75, 3.05) is 32.8 Å². The molecule has 5 heteroatoms. The summed E-state index contributed by atoms with van der Waals surface area (Å²) in [6.07, 6.45) is 6.98. The Morgan fingerprint density at radius 2 is 1.47 bits per heavy atom. The number of rotatable bonds is 4. The van der Waals surface area contributed by atoms with Crippen molar-refractivity contribution in [1.29, 1.82) is 0 Å². The van der Waals surface area contributed by atoms with Crippen LogP contribution in [0.5, 0.6) is 0 Å². The van der Waals surface area contributed by atoms with E-state index < -0.39 is 0 Å². The maximum Gasteiger partial charge on any atom is 0.409 e. The van der Waals surface area contributed by atoms with Gasteiger partial charge in [0.15, 0.2) is 0 Å². The number of amides is 2. The zero-order chi connectivity index (χ0) is 20.7. The van der Waals surface area contributed by atoms with Gasteiger partial charge in [0, 0.05) is 38.0 Å². The molecule has 30 heavy (non-hydrogen) atoms. The van der Waals surface area contributed by atoms with Gasteiger partial charge >= 0.3 is 6.09 Å². The van der Waals surface area contributed by atoms with Crippen LogP contribution in [0, 0.1) is 23.7 Å². The average Bonchev–Trinajstić information content (AvgIpc) is 2.76. The van der Waals surface area contributed by atoms with Crippen molar-refractivity contribution in [3.8, 4) is 0 Å². The topological polar surface area (TPSA) is 49.9 Å². The van der Waals surface area contributed by atoms with E-state index in [0.717, 1.165) is 11.8 Å². The molecule has 6 rings (SSSR count). The second kappa shape index (κ2) is 7.90. The van der Waals surface area contributed by atoms with Crippen LogP contribution in [0.1, 0.15) is 51.0 Å². The number of carbonyl (C=O) groups excluding carboxylic acids is 2. The van der Waals surface area contributed by atoms with Crippen LogP contribution in [0.25, 0.3) is 0 Å². The molecule has 0 N–H and O–H groups in total. The van der Waals surface area contributed by atoms with E-state index in [2.05, 4.69) is 30.3 Å². The predicted molar refractivity (Wildman–Crippen MR) is 115 cm³/mol. The molecule has 1 saturated heterocycles. The van der Waals surface area contributed by atoms with Crippen LogP contribution in [0.15, 0.2) is 30.3 Å². The molecule has 4 aliphatic carbocycles. The highest BCUT2D eigenvalue weighted by atomic mass is 16.6. The summed E-state index contributed by atoms with van der Waals surface area (Å²) >= 11 is 0. The predicted octanol–water partition coefficient (Wildman–Crippen LogP) is 4.07. The first-order valence-corrected chi connectivity index (χ1v) is 11.8. The fraction of sp³-hybridized carbons (Fsp3) is 0.680. The van der Waals surface area contributed by atoms with Crippen LogP contribution in [0.2, 0.25) is 0 Å². The normalized spacial score (nSPS) is 34.8. The summed E-state index contributed by atoms with van der Waals surface area (Å²) in [5, 5.41) is 0. The highest BCUT2D eigenvalue weighted by Gasteiger charge is 2.58. The quantitative estimate of drug-likeness (QED) is 0.752. The Morgan fingerprint density at radius 1 is 0.900 bits per heavy atom. The van der Waals surface area contributed by atoms with Crippen LogP contribution < -0.4 is 0 Å². The first-order valence-electron chi connectivity index (χ1n) is 11.8. The van der Waals surface area contributed by atoms with Gasteiger partial charge in [-0.05, 0) is 68.3 Å². The van der Waals surface area contributed by atoms with Crippen LogP contribution in [-0.2, 0) is 14.9 Å². The van der Waals surface area contributed by atoms with Crippen molar-refractivity contribution in [1.82, 2.24) is 9.80 Å². The fourth-order valence-corrected chi connectivity index (χ4v) is 7.35. The monoisotopic (exact) mass is 410 g/mol. The van der Waals surface area contributed by atoms with Crippen molar-refractivity contribution in [3.05, 3.63) is 35.9 Å². The summed E-state index contributed by atoms with van der Waals surface area (Å²) in [7, 11) is 0. The smallest absolute Gasteiger partial charge is 0.409 e. The number of hydrogen-bond acceptors (Lipinski definition) is 3. The number of benzene rings is 1. The fourth-order valence-electron chi connectivity index (χ4n) is 7.35. The number of ether oxygens (including phenoxy) is 1. The lowest BCUT2D eigenvalue weighted by atomic mass is 9.43. The lowest BCUT2D eigenvalue weighted by molar-refractivity contribution is -0.140. The molecule has 0 radical (unpaired) electrons. The Morgan fingerprint density at radius 3 is 2.03 bits per heavy atom. The minimum Gasteiger partial charge on any atom is -0.450 e.